The third-order valence-corrected chi connectivity index (χ3v) is 7.08. The van der Waals surface area contributed by atoms with Gasteiger partial charge in [-0.05, 0) is 75.6 Å². The number of hydrogen-bond donors (Lipinski definition) is 1. The van der Waals surface area contributed by atoms with Crippen molar-refractivity contribution in [2.75, 3.05) is 31.3 Å². The van der Waals surface area contributed by atoms with Crippen molar-refractivity contribution in [3.63, 3.8) is 0 Å². The minimum atomic E-state index is -3.58. The molecule has 9 nitrogen and oxygen atoms in total. The van der Waals surface area contributed by atoms with E-state index in [0.717, 1.165) is 11.8 Å². The van der Waals surface area contributed by atoms with Gasteiger partial charge >= 0.3 is 0 Å². The van der Waals surface area contributed by atoms with Gasteiger partial charge in [0.2, 0.25) is 21.8 Å². The summed E-state index contributed by atoms with van der Waals surface area (Å²) in [6.45, 7) is 7.89. The van der Waals surface area contributed by atoms with Gasteiger partial charge in [0.25, 0.3) is 0 Å². The Labute approximate surface area is 227 Å². The highest BCUT2D eigenvalue weighted by molar-refractivity contribution is 7.92. The number of methoxy groups -OCH3 is 2. The molecule has 1 atom stereocenters. The second kappa shape index (κ2) is 13.5. The number of benzene rings is 2. The van der Waals surface area contributed by atoms with E-state index in [2.05, 4.69) is 5.32 Å². The minimum absolute atomic E-state index is 0.0748. The highest BCUT2D eigenvalue weighted by Gasteiger charge is 2.30. The van der Waals surface area contributed by atoms with Gasteiger partial charge in [-0.1, -0.05) is 19.1 Å². The van der Waals surface area contributed by atoms with Crippen LogP contribution in [0.1, 0.15) is 52.5 Å². The topological polar surface area (TPSA) is 105 Å². The van der Waals surface area contributed by atoms with Gasteiger partial charge in [-0.25, -0.2) is 8.42 Å². The van der Waals surface area contributed by atoms with Gasteiger partial charge in [-0.3, -0.25) is 13.9 Å². The van der Waals surface area contributed by atoms with Crippen LogP contribution in [0.5, 0.6) is 11.5 Å². The lowest BCUT2D eigenvalue weighted by Gasteiger charge is -2.33. The van der Waals surface area contributed by atoms with Crippen molar-refractivity contribution in [3.8, 4) is 11.5 Å². The van der Waals surface area contributed by atoms with Crippen molar-refractivity contribution in [2.45, 2.75) is 65.1 Å². The highest BCUT2D eigenvalue weighted by atomic mass is 32.2. The van der Waals surface area contributed by atoms with Gasteiger partial charge < -0.3 is 19.7 Å². The number of hydrogen-bond acceptors (Lipinski definition) is 6. The summed E-state index contributed by atoms with van der Waals surface area (Å²) in [5.41, 5.74) is 0.865. The molecule has 2 aromatic carbocycles. The maximum Gasteiger partial charge on any atom is 0.243 e. The largest absolute Gasteiger partial charge is 0.497 e. The Hall–Kier alpha value is -3.27. The first-order chi connectivity index (χ1) is 17.8. The van der Waals surface area contributed by atoms with Crippen LogP contribution in [0.2, 0.25) is 0 Å². The molecule has 2 aromatic rings. The van der Waals surface area contributed by atoms with E-state index in [0.29, 0.717) is 23.6 Å². The lowest BCUT2D eigenvalue weighted by Crippen LogP contribution is -2.53. The van der Waals surface area contributed by atoms with Gasteiger partial charge in [-0.15, -0.1) is 0 Å². The van der Waals surface area contributed by atoms with Crippen LogP contribution in [0.3, 0.4) is 0 Å². The van der Waals surface area contributed by atoms with E-state index in [-0.39, 0.29) is 37.7 Å². The Kier molecular flexibility index (Phi) is 11.0. The van der Waals surface area contributed by atoms with Crippen LogP contribution in [0, 0.1) is 0 Å². The molecule has 0 saturated heterocycles. The predicted molar refractivity (Wildman–Crippen MR) is 150 cm³/mol. The summed E-state index contributed by atoms with van der Waals surface area (Å²) in [5, 5.41) is 2.98. The summed E-state index contributed by atoms with van der Waals surface area (Å²) < 4.78 is 36.8. The second-order valence-electron chi connectivity index (χ2n) is 10.2. The summed E-state index contributed by atoms with van der Waals surface area (Å²) in [6, 6.07) is 13.4. The molecule has 0 spiro atoms. The molecule has 2 rings (SSSR count). The van der Waals surface area contributed by atoms with Crippen molar-refractivity contribution in [1.82, 2.24) is 10.2 Å². The van der Waals surface area contributed by atoms with E-state index in [1.165, 1.54) is 11.4 Å². The van der Waals surface area contributed by atoms with E-state index in [9.17, 15) is 18.0 Å². The maximum atomic E-state index is 13.6. The molecule has 1 unspecified atom stereocenters. The van der Waals surface area contributed by atoms with Gasteiger partial charge in [-0.2, -0.15) is 0 Å². The number of rotatable bonds is 13. The van der Waals surface area contributed by atoms with E-state index < -0.39 is 21.6 Å². The van der Waals surface area contributed by atoms with Crippen molar-refractivity contribution in [1.29, 1.82) is 0 Å². The minimum Gasteiger partial charge on any atom is -0.497 e. The first-order valence-corrected chi connectivity index (χ1v) is 14.5. The Bertz CT molecular complexity index is 1180. The van der Waals surface area contributed by atoms with Crippen LogP contribution in [-0.4, -0.2) is 63.7 Å². The lowest BCUT2D eigenvalue weighted by molar-refractivity contribution is -0.142. The van der Waals surface area contributed by atoms with Crippen LogP contribution < -0.4 is 19.1 Å². The zero-order valence-electron chi connectivity index (χ0n) is 23.5. The Morgan fingerprint density at radius 2 is 1.63 bits per heavy atom. The highest BCUT2D eigenvalue weighted by Crippen LogP contribution is 2.23. The Balaban J connectivity index is 2.25. The van der Waals surface area contributed by atoms with Gasteiger partial charge in [0, 0.05) is 25.0 Å². The number of nitrogens with zero attached hydrogens (tertiary/aromatic N) is 2. The first-order valence-electron chi connectivity index (χ1n) is 12.6. The van der Waals surface area contributed by atoms with Crippen LogP contribution in [-0.2, 0) is 26.2 Å². The number of anilines is 1. The van der Waals surface area contributed by atoms with Crippen LogP contribution >= 0.6 is 0 Å². The molecular weight excluding hydrogens is 506 g/mol. The fourth-order valence-corrected chi connectivity index (χ4v) is 5.06. The van der Waals surface area contributed by atoms with E-state index in [1.807, 2.05) is 52.0 Å². The van der Waals surface area contributed by atoms with Crippen LogP contribution in [0.4, 0.5) is 5.69 Å². The van der Waals surface area contributed by atoms with Crippen LogP contribution in [0.25, 0.3) is 0 Å². The fraction of sp³-hybridized carbons (Fsp3) is 0.500. The quantitative estimate of drug-likeness (QED) is 0.407. The molecule has 0 fully saturated rings. The Morgan fingerprint density at radius 1 is 1.00 bits per heavy atom. The summed E-state index contributed by atoms with van der Waals surface area (Å²) in [7, 11) is -0.464. The molecule has 1 N–H and O–H groups in total. The molecule has 210 valence electrons. The molecule has 0 saturated carbocycles. The molecule has 2 amide bonds. The SMILES string of the molecule is CCC(C(=O)NC(C)(C)C)N(Cc1cccc(OC)c1)C(=O)CCCN(c1ccc(OC)cc1)S(C)(=O)=O. The molecule has 38 heavy (non-hydrogen) atoms. The standard InChI is InChI=1S/C28H41N3O6S/c1-8-25(27(33)29-28(2,3)4)30(20-21-11-9-12-24(19-21)37-6)26(32)13-10-18-31(38(7,34)35)22-14-16-23(36-5)17-15-22/h9,11-12,14-17,19,25H,8,10,13,18,20H2,1-7H3,(H,29,33). The molecule has 0 aliphatic rings. The number of sulfonamides is 1. The molecule has 0 radical (unpaired) electrons. The van der Waals surface area contributed by atoms with Crippen molar-refractivity contribution in [3.05, 3.63) is 54.1 Å². The molecular formula is C28H41N3O6S. The summed E-state index contributed by atoms with van der Waals surface area (Å²) in [6.07, 6.45) is 1.92. The zero-order chi connectivity index (χ0) is 28.5. The summed E-state index contributed by atoms with van der Waals surface area (Å²) in [4.78, 5) is 28.3. The second-order valence-corrected chi connectivity index (χ2v) is 12.1. The number of nitrogens with one attached hydrogen (secondary N) is 1. The summed E-state index contributed by atoms with van der Waals surface area (Å²) >= 11 is 0. The fourth-order valence-electron chi connectivity index (χ4n) is 4.09. The van der Waals surface area contributed by atoms with Crippen LogP contribution in [0.15, 0.2) is 48.5 Å². The smallest absolute Gasteiger partial charge is 0.243 e. The van der Waals surface area contributed by atoms with Gasteiger partial charge in [0.15, 0.2) is 0 Å². The molecule has 0 aromatic heterocycles. The van der Waals surface area contributed by atoms with Gasteiger partial charge in [0.05, 0.1) is 26.2 Å². The van der Waals surface area contributed by atoms with Gasteiger partial charge in [0.1, 0.15) is 17.5 Å². The average molecular weight is 548 g/mol. The predicted octanol–water partition coefficient (Wildman–Crippen LogP) is 3.97. The monoisotopic (exact) mass is 547 g/mol. The van der Waals surface area contributed by atoms with Crippen molar-refractivity contribution < 1.29 is 27.5 Å². The zero-order valence-corrected chi connectivity index (χ0v) is 24.3. The Morgan fingerprint density at radius 3 is 2.16 bits per heavy atom. The molecule has 0 aliphatic carbocycles. The molecule has 10 heteroatoms. The van der Waals surface area contributed by atoms with E-state index >= 15 is 0 Å². The number of amides is 2. The average Bonchev–Trinajstić information content (AvgIpc) is 2.84. The third-order valence-electron chi connectivity index (χ3n) is 5.88. The number of ether oxygens (including phenoxy) is 2. The summed E-state index contributed by atoms with van der Waals surface area (Å²) in [5.74, 6) is 0.814. The molecule has 0 aliphatic heterocycles. The molecule has 0 heterocycles. The molecule has 0 bridgehead atoms. The number of carbonyl (C=O) groups is 2. The first kappa shape index (κ1) is 31.0. The lowest BCUT2D eigenvalue weighted by atomic mass is 10.0. The van der Waals surface area contributed by atoms with Crippen molar-refractivity contribution in [2.24, 2.45) is 0 Å². The van der Waals surface area contributed by atoms with E-state index in [1.54, 1.807) is 36.3 Å². The van der Waals surface area contributed by atoms with E-state index in [4.69, 9.17) is 9.47 Å². The third kappa shape index (κ3) is 9.24. The van der Waals surface area contributed by atoms with Crippen molar-refractivity contribution >= 4 is 27.5 Å². The normalized spacial score (nSPS) is 12.4. The maximum absolute atomic E-state index is 13.6. The number of carbonyl (C=O) groups excluding carboxylic acids is 2.